The largest absolute Gasteiger partial charge is 0.458 e. The summed E-state index contributed by atoms with van der Waals surface area (Å²) in [7, 11) is 1.59. The maximum atomic E-state index is 14.2. The number of esters is 1. The van der Waals surface area contributed by atoms with Crippen LogP contribution in [0.15, 0.2) is 84.9 Å². The molecule has 0 aromatic heterocycles. The lowest BCUT2D eigenvalue weighted by molar-refractivity contribution is -0.152. The quantitative estimate of drug-likeness (QED) is 0.0837. The smallest absolute Gasteiger partial charge is 0.408 e. The van der Waals surface area contributed by atoms with Crippen LogP contribution in [-0.2, 0) is 48.2 Å². The van der Waals surface area contributed by atoms with Crippen LogP contribution in [0.4, 0.5) is 14.0 Å². The van der Waals surface area contributed by atoms with Crippen molar-refractivity contribution in [3.8, 4) is 0 Å². The minimum Gasteiger partial charge on any atom is -0.458 e. The van der Waals surface area contributed by atoms with E-state index in [1.807, 2.05) is 74.5 Å². The fourth-order valence-electron chi connectivity index (χ4n) is 6.37. The van der Waals surface area contributed by atoms with E-state index in [0.29, 0.717) is 31.9 Å². The molecule has 1 fully saturated rings. The molecule has 0 unspecified atom stereocenters. The van der Waals surface area contributed by atoms with Gasteiger partial charge in [0.1, 0.15) is 30.6 Å². The third-order valence-electron chi connectivity index (χ3n) is 9.60. The summed E-state index contributed by atoms with van der Waals surface area (Å²) in [6.45, 7) is 8.42. The standard InChI is InChI=1S/C43H58FN7O8/c1-29(2)38(47-42(55)50-20-22-57-23-21-50)40(53)46-35(24-31-12-8-6-9-13-31)36(59-37(52)25-45-5)27-51(26-32-16-18-34(44)19-17-32)49-41(54)39(30(3)4)48-43(56)58-28-33-14-10-7-11-15-33/h6-19,29-30,35-36,38-39,45H,20-28H2,1-5H3,(H,46,53)(H,47,55)(H,48,56)(H,49,54)/t35-,36-,38-,39-/m0/s1. The van der Waals surface area contributed by atoms with Crippen molar-refractivity contribution in [2.75, 3.05) is 46.4 Å². The van der Waals surface area contributed by atoms with Crippen molar-refractivity contribution in [2.45, 2.75) is 71.5 Å². The van der Waals surface area contributed by atoms with Crippen molar-refractivity contribution in [2.24, 2.45) is 11.8 Å². The number of nitrogens with one attached hydrogen (secondary N) is 5. The summed E-state index contributed by atoms with van der Waals surface area (Å²) in [6, 6.07) is 20.8. The number of hydrogen-bond donors (Lipinski definition) is 5. The molecule has 320 valence electrons. The second-order valence-corrected chi connectivity index (χ2v) is 15.0. The molecule has 0 bridgehead atoms. The highest BCUT2D eigenvalue weighted by molar-refractivity contribution is 5.88. The first-order valence-corrected chi connectivity index (χ1v) is 19.9. The summed E-state index contributed by atoms with van der Waals surface area (Å²) in [4.78, 5) is 69.3. The van der Waals surface area contributed by atoms with Gasteiger partial charge in [-0.2, -0.15) is 0 Å². The maximum absolute atomic E-state index is 14.2. The summed E-state index contributed by atoms with van der Waals surface area (Å²) in [5.74, 6) is -2.87. The predicted molar refractivity (Wildman–Crippen MR) is 219 cm³/mol. The number of nitrogens with zero attached hydrogens (tertiary/aromatic N) is 2. The molecule has 0 saturated carbocycles. The van der Waals surface area contributed by atoms with E-state index in [-0.39, 0.29) is 44.5 Å². The SMILES string of the molecule is CNCC(=O)O[C@@H](CN(Cc1ccc(F)cc1)NC(=O)[C@@H](NC(=O)OCc1ccccc1)C(C)C)[C@H](Cc1ccccc1)NC(=O)[C@@H](NC(=O)N1CCOCC1)C(C)C. The van der Waals surface area contributed by atoms with Gasteiger partial charge in [-0.1, -0.05) is 100 Å². The molecule has 3 aromatic rings. The molecule has 0 aliphatic carbocycles. The highest BCUT2D eigenvalue weighted by Gasteiger charge is 2.35. The fourth-order valence-corrected chi connectivity index (χ4v) is 6.37. The van der Waals surface area contributed by atoms with Crippen LogP contribution in [0.3, 0.4) is 0 Å². The molecule has 1 aliphatic heterocycles. The van der Waals surface area contributed by atoms with E-state index in [9.17, 15) is 28.4 Å². The third kappa shape index (κ3) is 15.6. The van der Waals surface area contributed by atoms with Crippen LogP contribution in [0.25, 0.3) is 0 Å². The van der Waals surface area contributed by atoms with E-state index in [1.165, 1.54) is 17.1 Å². The van der Waals surface area contributed by atoms with Crippen LogP contribution < -0.4 is 26.7 Å². The van der Waals surface area contributed by atoms with Crippen LogP contribution in [0.2, 0.25) is 0 Å². The number of rotatable bonds is 20. The van der Waals surface area contributed by atoms with E-state index in [1.54, 1.807) is 37.9 Å². The predicted octanol–water partition coefficient (Wildman–Crippen LogP) is 3.54. The van der Waals surface area contributed by atoms with E-state index < -0.39 is 60.0 Å². The Morgan fingerprint density at radius 2 is 1.36 bits per heavy atom. The minimum atomic E-state index is -1.09. The first kappa shape index (κ1) is 46.1. The number of morpholine rings is 1. The summed E-state index contributed by atoms with van der Waals surface area (Å²) in [5.41, 5.74) is 5.09. The normalized spacial score (nSPS) is 14.8. The molecule has 1 heterocycles. The number of benzene rings is 3. The van der Waals surface area contributed by atoms with Crippen LogP contribution in [-0.4, -0.2) is 110 Å². The number of hydrazine groups is 1. The van der Waals surface area contributed by atoms with E-state index in [2.05, 4.69) is 26.7 Å². The van der Waals surface area contributed by atoms with Gasteiger partial charge in [0.25, 0.3) is 5.91 Å². The van der Waals surface area contributed by atoms with Gasteiger partial charge >= 0.3 is 18.1 Å². The van der Waals surface area contributed by atoms with Crippen LogP contribution >= 0.6 is 0 Å². The zero-order chi connectivity index (χ0) is 42.7. The molecule has 1 saturated heterocycles. The number of amides is 5. The Hall–Kier alpha value is -5.58. The van der Waals surface area contributed by atoms with E-state index >= 15 is 0 Å². The Morgan fingerprint density at radius 3 is 1.95 bits per heavy atom. The Labute approximate surface area is 345 Å². The molecular formula is C43H58FN7O8. The molecule has 15 nitrogen and oxygen atoms in total. The van der Waals surface area contributed by atoms with Gasteiger partial charge < -0.3 is 40.4 Å². The molecule has 5 amide bonds. The van der Waals surface area contributed by atoms with Gasteiger partial charge in [0.15, 0.2) is 0 Å². The molecule has 5 N–H and O–H groups in total. The second-order valence-electron chi connectivity index (χ2n) is 15.0. The lowest BCUT2D eigenvalue weighted by Gasteiger charge is -2.35. The zero-order valence-corrected chi connectivity index (χ0v) is 34.4. The number of carbonyl (C=O) groups excluding carboxylic acids is 5. The van der Waals surface area contributed by atoms with Crippen molar-refractivity contribution >= 4 is 29.9 Å². The number of ether oxygens (including phenoxy) is 3. The topological polar surface area (TPSA) is 180 Å². The van der Waals surface area contributed by atoms with Gasteiger partial charge in [-0.05, 0) is 54.1 Å². The monoisotopic (exact) mass is 819 g/mol. The Kier molecular flexibility index (Phi) is 18.5. The molecular weight excluding hydrogens is 762 g/mol. The molecule has 16 heteroatoms. The van der Waals surface area contributed by atoms with Crippen molar-refractivity contribution in [1.29, 1.82) is 0 Å². The van der Waals surface area contributed by atoms with Gasteiger partial charge in [-0.25, -0.2) is 19.0 Å². The lowest BCUT2D eigenvalue weighted by Crippen LogP contribution is -2.61. The summed E-state index contributed by atoms with van der Waals surface area (Å²) in [6.07, 6.45) is -1.68. The highest BCUT2D eigenvalue weighted by Crippen LogP contribution is 2.16. The second kappa shape index (κ2) is 23.7. The highest BCUT2D eigenvalue weighted by atomic mass is 19.1. The number of hydrogen-bond acceptors (Lipinski definition) is 10. The van der Waals surface area contributed by atoms with Gasteiger partial charge in [0, 0.05) is 19.6 Å². The average Bonchev–Trinajstić information content (AvgIpc) is 3.22. The Balaban J connectivity index is 1.64. The fraction of sp³-hybridized carbons (Fsp3) is 0.465. The molecule has 0 spiro atoms. The molecule has 59 heavy (non-hydrogen) atoms. The van der Waals surface area contributed by atoms with Gasteiger partial charge in [-0.3, -0.25) is 19.8 Å². The van der Waals surface area contributed by atoms with Crippen LogP contribution in [0, 0.1) is 17.7 Å². The minimum absolute atomic E-state index is 0.00144. The summed E-state index contributed by atoms with van der Waals surface area (Å²) >= 11 is 0. The van der Waals surface area contributed by atoms with Gasteiger partial charge in [0.05, 0.1) is 32.3 Å². The van der Waals surface area contributed by atoms with Crippen LogP contribution in [0.1, 0.15) is 44.4 Å². The van der Waals surface area contributed by atoms with Crippen molar-refractivity contribution in [1.82, 2.24) is 36.6 Å². The van der Waals surface area contributed by atoms with Crippen LogP contribution in [0.5, 0.6) is 0 Å². The van der Waals surface area contributed by atoms with Gasteiger partial charge in [0.2, 0.25) is 5.91 Å². The zero-order valence-electron chi connectivity index (χ0n) is 34.4. The molecule has 1 aliphatic rings. The first-order valence-electron chi connectivity index (χ1n) is 19.9. The molecule has 0 radical (unpaired) electrons. The molecule has 3 aromatic carbocycles. The first-order chi connectivity index (χ1) is 28.3. The molecule has 4 rings (SSSR count). The number of urea groups is 1. The average molecular weight is 820 g/mol. The number of likely N-dealkylation sites (N-methyl/N-ethyl adjacent to an activating group) is 1. The van der Waals surface area contributed by atoms with E-state index in [0.717, 1.165) is 11.1 Å². The molecule has 4 atom stereocenters. The Morgan fingerprint density at radius 1 is 0.763 bits per heavy atom. The number of halogens is 1. The number of alkyl carbamates (subject to hydrolysis) is 1. The Bertz CT molecular complexity index is 1780. The number of carbonyl (C=O) groups is 5. The van der Waals surface area contributed by atoms with Crippen molar-refractivity contribution in [3.05, 3.63) is 107 Å². The third-order valence-corrected chi connectivity index (χ3v) is 9.60. The summed E-state index contributed by atoms with van der Waals surface area (Å²) < 4.78 is 30.9. The van der Waals surface area contributed by atoms with Crippen molar-refractivity contribution < 1.29 is 42.6 Å². The maximum Gasteiger partial charge on any atom is 0.408 e. The van der Waals surface area contributed by atoms with E-state index in [4.69, 9.17) is 14.2 Å². The lowest BCUT2D eigenvalue weighted by atomic mass is 9.98. The summed E-state index contributed by atoms with van der Waals surface area (Å²) in [5, 5.41) is 12.9. The van der Waals surface area contributed by atoms with Crippen molar-refractivity contribution in [3.63, 3.8) is 0 Å². The van der Waals surface area contributed by atoms with Gasteiger partial charge in [-0.15, -0.1) is 0 Å².